The summed E-state index contributed by atoms with van der Waals surface area (Å²) in [4.78, 5) is 12.2. The second-order valence-corrected chi connectivity index (χ2v) is 5.69. The molecule has 2 aromatic rings. The van der Waals surface area contributed by atoms with E-state index in [0.717, 1.165) is 11.3 Å². The molecule has 2 rings (SSSR count). The van der Waals surface area contributed by atoms with E-state index in [1.807, 2.05) is 31.2 Å². The summed E-state index contributed by atoms with van der Waals surface area (Å²) >= 11 is 11.9. The molecule has 2 N–H and O–H groups in total. The molecule has 0 saturated carbocycles. The third-order valence-electron chi connectivity index (χ3n) is 2.98. The van der Waals surface area contributed by atoms with Crippen LogP contribution in [0.4, 0.5) is 11.4 Å². The van der Waals surface area contributed by atoms with Crippen LogP contribution in [-0.4, -0.2) is 11.9 Å². The highest BCUT2D eigenvalue weighted by Crippen LogP contribution is 2.25. The minimum Gasteiger partial charge on any atom is -0.374 e. The summed E-state index contributed by atoms with van der Waals surface area (Å²) in [6.07, 6.45) is 0. The van der Waals surface area contributed by atoms with Crippen LogP contribution in [-0.2, 0) is 4.79 Å². The topological polar surface area (TPSA) is 41.1 Å². The molecule has 1 atom stereocenters. The molecule has 1 amide bonds. The molecule has 0 aliphatic heterocycles. The third kappa shape index (κ3) is 4.38. The van der Waals surface area contributed by atoms with Gasteiger partial charge in [-0.3, -0.25) is 4.79 Å². The Morgan fingerprint density at radius 1 is 1.14 bits per heavy atom. The van der Waals surface area contributed by atoms with Crippen LogP contribution in [0.25, 0.3) is 0 Å². The first kappa shape index (κ1) is 15.7. The molecular weight excluding hydrogens is 307 g/mol. The monoisotopic (exact) mass is 322 g/mol. The van der Waals surface area contributed by atoms with E-state index < -0.39 is 6.04 Å². The molecule has 0 fully saturated rings. The van der Waals surface area contributed by atoms with Crippen molar-refractivity contribution in [2.75, 3.05) is 10.6 Å². The molecule has 0 saturated heterocycles. The highest BCUT2D eigenvalue weighted by atomic mass is 35.5. The second-order valence-electron chi connectivity index (χ2n) is 4.85. The van der Waals surface area contributed by atoms with Crippen LogP contribution < -0.4 is 10.6 Å². The SMILES string of the molecule is Cc1cccc(NC(C)C(=O)Nc2ccc(Cl)cc2Cl)c1. The van der Waals surface area contributed by atoms with Gasteiger partial charge in [0, 0.05) is 10.7 Å². The number of nitrogens with one attached hydrogen (secondary N) is 2. The van der Waals surface area contributed by atoms with Gasteiger partial charge in [0.05, 0.1) is 10.7 Å². The zero-order chi connectivity index (χ0) is 15.4. The van der Waals surface area contributed by atoms with Gasteiger partial charge in [0.2, 0.25) is 5.91 Å². The number of carbonyl (C=O) groups excluding carboxylic acids is 1. The Labute approximate surface area is 134 Å². The Kier molecular flexibility index (Phi) is 5.10. The highest BCUT2D eigenvalue weighted by Gasteiger charge is 2.14. The van der Waals surface area contributed by atoms with Crippen LogP contribution in [0.5, 0.6) is 0 Å². The molecule has 21 heavy (non-hydrogen) atoms. The molecule has 0 aliphatic rings. The van der Waals surface area contributed by atoms with Crippen LogP contribution in [0.2, 0.25) is 10.0 Å². The number of hydrogen-bond donors (Lipinski definition) is 2. The van der Waals surface area contributed by atoms with E-state index in [-0.39, 0.29) is 5.91 Å². The Balaban J connectivity index is 2.02. The average Bonchev–Trinajstić information content (AvgIpc) is 2.41. The molecule has 0 radical (unpaired) electrons. The summed E-state index contributed by atoms with van der Waals surface area (Å²) in [7, 11) is 0. The highest BCUT2D eigenvalue weighted by molar-refractivity contribution is 6.36. The number of hydrogen-bond acceptors (Lipinski definition) is 2. The predicted octanol–water partition coefficient (Wildman–Crippen LogP) is 4.74. The first-order valence-corrected chi connectivity index (χ1v) is 7.30. The molecular formula is C16H16Cl2N2O. The van der Waals surface area contributed by atoms with Crippen molar-refractivity contribution >= 4 is 40.5 Å². The molecule has 0 aliphatic carbocycles. The maximum absolute atomic E-state index is 12.2. The fourth-order valence-electron chi connectivity index (χ4n) is 1.88. The van der Waals surface area contributed by atoms with Gasteiger partial charge in [0.1, 0.15) is 6.04 Å². The summed E-state index contributed by atoms with van der Waals surface area (Å²) in [5.41, 5.74) is 2.58. The fourth-order valence-corrected chi connectivity index (χ4v) is 2.34. The van der Waals surface area contributed by atoms with E-state index in [0.29, 0.717) is 15.7 Å². The number of anilines is 2. The van der Waals surface area contributed by atoms with Crippen molar-refractivity contribution in [3.05, 3.63) is 58.1 Å². The van der Waals surface area contributed by atoms with Gasteiger partial charge in [0.15, 0.2) is 0 Å². The Morgan fingerprint density at radius 3 is 2.57 bits per heavy atom. The van der Waals surface area contributed by atoms with E-state index in [1.165, 1.54) is 0 Å². The van der Waals surface area contributed by atoms with Crippen LogP contribution in [0.1, 0.15) is 12.5 Å². The summed E-state index contributed by atoms with van der Waals surface area (Å²) < 4.78 is 0. The summed E-state index contributed by atoms with van der Waals surface area (Å²) in [6.45, 7) is 3.80. The summed E-state index contributed by atoms with van der Waals surface area (Å²) in [5, 5.41) is 6.88. The van der Waals surface area contributed by atoms with E-state index >= 15 is 0 Å². The maximum Gasteiger partial charge on any atom is 0.246 e. The van der Waals surface area contributed by atoms with Gasteiger partial charge in [-0.05, 0) is 49.7 Å². The normalized spacial score (nSPS) is 11.8. The number of rotatable bonds is 4. The van der Waals surface area contributed by atoms with Crippen molar-refractivity contribution in [1.29, 1.82) is 0 Å². The Morgan fingerprint density at radius 2 is 1.90 bits per heavy atom. The van der Waals surface area contributed by atoms with E-state index in [1.54, 1.807) is 25.1 Å². The quantitative estimate of drug-likeness (QED) is 0.853. The number of amides is 1. The minimum atomic E-state index is -0.390. The van der Waals surface area contributed by atoms with Crippen molar-refractivity contribution in [3.8, 4) is 0 Å². The zero-order valence-corrected chi connectivity index (χ0v) is 13.3. The molecule has 0 spiro atoms. The van der Waals surface area contributed by atoms with Gasteiger partial charge in [0.25, 0.3) is 0 Å². The number of aryl methyl sites for hydroxylation is 1. The van der Waals surface area contributed by atoms with Crippen molar-refractivity contribution in [2.45, 2.75) is 19.9 Å². The van der Waals surface area contributed by atoms with Crippen LogP contribution >= 0.6 is 23.2 Å². The summed E-state index contributed by atoms with van der Waals surface area (Å²) in [5.74, 6) is -0.166. The average molecular weight is 323 g/mol. The lowest BCUT2D eigenvalue weighted by Gasteiger charge is -2.16. The van der Waals surface area contributed by atoms with Crippen molar-refractivity contribution < 1.29 is 4.79 Å². The first-order chi connectivity index (χ1) is 9.95. The smallest absolute Gasteiger partial charge is 0.246 e. The summed E-state index contributed by atoms with van der Waals surface area (Å²) in [6, 6.07) is 12.4. The van der Waals surface area contributed by atoms with Crippen LogP contribution in [0.3, 0.4) is 0 Å². The van der Waals surface area contributed by atoms with Gasteiger partial charge in [-0.2, -0.15) is 0 Å². The second kappa shape index (κ2) is 6.83. The van der Waals surface area contributed by atoms with E-state index in [4.69, 9.17) is 23.2 Å². The van der Waals surface area contributed by atoms with Crippen molar-refractivity contribution in [3.63, 3.8) is 0 Å². The van der Waals surface area contributed by atoms with E-state index in [9.17, 15) is 4.79 Å². The van der Waals surface area contributed by atoms with Crippen LogP contribution in [0.15, 0.2) is 42.5 Å². The van der Waals surface area contributed by atoms with Gasteiger partial charge in [-0.15, -0.1) is 0 Å². The van der Waals surface area contributed by atoms with Gasteiger partial charge < -0.3 is 10.6 Å². The lowest BCUT2D eigenvalue weighted by atomic mass is 10.2. The number of carbonyl (C=O) groups is 1. The zero-order valence-electron chi connectivity index (χ0n) is 11.8. The van der Waals surface area contributed by atoms with Gasteiger partial charge >= 0.3 is 0 Å². The van der Waals surface area contributed by atoms with Crippen molar-refractivity contribution in [1.82, 2.24) is 0 Å². The predicted molar refractivity (Wildman–Crippen MR) is 89.4 cm³/mol. The molecule has 2 aromatic carbocycles. The molecule has 0 bridgehead atoms. The van der Waals surface area contributed by atoms with Gasteiger partial charge in [-0.25, -0.2) is 0 Å². The molecule has 110 valence electrons. The number of benzene rings is 2. The van der Waals surface area contributed by atoms with Gasteiger partial charge in [-0.1, -0.05) is 35.3 Å². The lowest BCUT2D eigenvalue weighted by molar-refractivity contribution is -0.116. The van der Waals surface area contributed by atoms with Crippen LogP contribution in [0, 0.1) is 6.92 Å². The Hall–Kier alpha value is -1.71. The molecule has 1 unspecified atom stereocenters. The lowest BCUT2D eigenvalue weighted by Crippen LogP contribution is -2.31. The van der Waals surface area contributed by atoms with E-state index in [2.05, 4.69) is 10.6 Å². The standard InChI is InChI=1S/C16H16Cl2N2O/c1-10-4-3-5-13(8-10)19-11(2)16(21)20-15-7-6-12(17)9-14(15)18/h3-9,11,19H,1-2H3,(H,20,21). The molecule has 5 heteroatoms. The minimum absolute atomic E-state index is 0.166. The fraction of sp³-hybridized carbons (Fsp3) is 0.188. The molecule has 0 aromatic heterocycles. The molecule has 0 heterocycles. The molecule has 3 nitrogen and oxygen atoms in total. The largest absolute Gasteiger partial charge is 0.374 e. The Bertz CT molecular complexity index is 658. The maximum atomic E-state index is 12.2. The third-order valence-corrected chi connectivity index (χ3v) is 3.53. The first-order valence-electron chi connectivity index (χ1n) is 6.55. The number of halogens is 2. The van der Waals surface area contributed by atoms with Crippen molar-refractivity contribution in [2.24, 2.45) is 0 Å².